The summed E-state index contributed by atoms with van der Waals surface area (Å²) in [4.78, 5) is 20.0. The van der Waals surface area contributed by atoms with Crippen molar-refractivity contribution in [3.63, 3.8) is 0 Å². The first-order valence-corrected chi connectivity index (χ1v) is 15.3. The third-order valence-corrected chi connectivity index (χ3v) is 9.36. The Morgan fingerprint density at radius 1 is 1.03 bits per heavy atom. The predicted octanol–water partition coefficient (Wildman–Crippen LogP) is 4.91. The van der Waals surface area contributed by atoms with Crippen LogP contribution >= 0.6 is 0 Å². The molecule has 1 saturated heterocycles. The Labute approximate surface area is 225 Å². The first-order chi connectivity index (χ1) is 18.4. The van der Waals surface area contributed by atoms with Crippen LogP contribution in [0.5, 0.6) is 0 Å². The van der Waals surface area contributed by atoms with Gasteiger partial charge >= 0.3 is 0 Å². The molecule has 2 fully saturated rings. The van der Waals surface area contributed by atoms with Crippen LogP contribution < -0.4 is 0 Å². The number of aryl methyl sites for hydroxylation is 1. The van der Waals surface area contributed by atoms with E-state index in [2.05, 4.69) is 4.98 Å². The van der Waals surface area contributed by atoms with Crippen LogP contribution in [-0.2, 0) is 38.2 Å². The van der Waals surface area contributed by atoms with Gasteiger partial charge in [-0.2, -0.15) is 0 Å². The lowest BCUT2D eigenvalue weighted by atomic mass is 10.1. The number of amides is 1. The molecule has 1 atom stereocenters. The summed E-state index contributed by atoms with van der Waals surface area (Å²) >= 11 is 0. The van der Waals surface area contributed by atoms with Crippen molar-refractivity contribution in [2.24, 2.45) is 5.92 Å². The third kappa shape index (κ3) is 6.18. The molecule has 38 heavy (non-hydrogen) atoms. The van der Waals surface area contributed by atoms with Gasteiger partial charge < -0.3 is 14.2 Å². The van der Waals surface area contributed by atoms with Crippen LogP contribution in [-0.4, -0.2) is 48.0 Å². The summed E-state index contributed by atoms with van der Waals surface area (Å²) < 4.78 is 35.1. The molecule has 7 nitrogen and oxygen atoms in total. The molecule has 2 aliphatic rings. The second-order valence-corrected chi connectivity index (χ2v) is 12.5. The summed E-state index contributed by atoms with van der Waals surface area (Å²) in [5.74, 6) is 0.0619. The van der Waals surface area contributed by atoms with E-state index in [0.717, 1.165) is 67.5 Å². The van der Waals surface area contributed by atoms with Gasteiger partial charge in [0.25, 0.3) is 0 Å². The molecule has 1 unspecified atom stereocenters. The highest BCUT2D eigenvalue weighted by Crippen LogP contribution is 2.29. The van der Waals surface area contributed by atoms with Crippen LogP contribution in [0.4, 0.5) is 0 Å². The van der Waals surface area contributed by atoms with E-state index in [9.17, 15) is 13.2 Å². The summed E-state index contributed by atoms with van der Waals surface area (Å²) in [5, 5.41) is 0.0463. The van der Waals surface area contributed by atoms with E-state index in [0.29, 0.717) is 19.6 Å². The maximum atomic E-state index is 13.7. The maximum Gasteiger partial charge on any atom is 0.228 e. The van der Waals surface area contributed by atoms with Crippen molar-refractivity contribution in [3.05, 3.63) is 83.2 Å². The van der Waals surface area contributed by atoms with Crippen LogP contribution in [0, 0.1) is 12.8 Å². The number of aromatic nitrogens is 2. The number of nitrogens with zero attached hydrogens (tertiary/aromatic N) is 3. The van der Waals surface area contributed by atoms with Crippen molar-refractivity contribution in [2.75, 3.05) is 13.2 Å². The second-order valence-electron chi connectivity index (χ2n) is 10.6. The number of sulfone groups is 1. The van der Waals surface area contributed by atoms with Gasteiger partial charge in [0, 0.05) is 19.1 Å². The van der Waals surface area contributed by atoms with Gasteiger partial charge in [0.15, 0.2) is 0 Å². The average Bonchev–Trinajstić information content (AvgIpc) is 3.69. The van der Waals surface area contributed by atoms with Gasteiger partial charge in [0.1, 0.15) is 0 Å². The summed E-state index contributed by atoms with van der Waals surface area (Å²) in [6.45, 7) is 3.85. The lowest BCUT2D eigenvalue weighted by molar-refractivity contribution is -0.137. The molecule has 202 valence electrons. The van der Waals surface area contributed by atoms with E-state index in [1.807, 2.05) is 66.4 Å². The quantitative estimate of drug-likeness (QED) is 0.368. The molecule has 3 aromatic rings. The van der Waals surface area contributed by atoms with Gasteiger partial charge in [-0.1, -0.05) is 67.4 Å². The molecule has 2 heterocycles. The first-order valence-electron chi connectivity index (χ1n) is 13.7. The molecule has 0 bridgehead atoms. The van der Waals surface area contributed by atoms with E-state index in [1.165, 1.54) is 0 Å². The number of rotatable bonds is 10. The molecule has 0 N–H and O–H groups in total. The minimum Gasteiger partial charge on any atom is -0.376 e. The molecular formula is C30H37N3O4S. The third-order valence-electron chi connectivity index (χ3n) is 7.79. The second kappa shape index (κ2) is 11.8. The van der Waals surface area contributed by atoms with Crippen molar-refractivity contribution in [3.8, 4) is 0 Å². The van der Waals surface area contributed by atoms with Gasteiger partial charge in [0.05, 0.1) is 36.8 Å². The zero-order chi connectivity index (χ0) is 26.5. The van der Waals surface area contributed by atoms with Gasteiger partial charge in [-0.3, -0.25) is 4.79 Å². The largest absolute Gasteiger partial charge is 0.376 e. The lowest BCUT2D eigenvalue weighted by Crippen LogP contribution is -2.40. The predicted molar refractivity (Wildman–Crippen MR) is 146 cm³/mol. The fourth-order valence-corrected chi connectivity index (χ4v) is 7.23. The van der Waals surface area contributed by atoms with Crippen LogP contribution in [0.25, 0.3) is 0 Å². The van der Waals surface area contributed by atoms with Crippen LogP contribution in [0.1, 0.15) is 60.9 Å². The highest BCUT2D eigenvalue weighted by molar-refractivity contribution is 7.90. The zero-order valence-electron chi connectivity index (χ0n) is 22.1. The molecule has 8 heteroatoms. The highest BCUT2D eigenvalue weighted by Gasteiger charge is 2.32. The number of imidazole rings is 1. The number of carbonyl (C=O) groups is 1. The minimum atomic E-state index is -3.74. The van der Waals surface area contributed by atoms with Crippen molar-refractivity contribution in [1.82, 2.24) is 14.5 Å². The molecule has 1 saturated carbocycles. The van der Waals surface area contributed by atoms with Crippen molar-refractivity contribution >= 4 is 15.7 Å². The van der Waals surface area contributed by atoms with E-state index in [1.54, 1.807) is 10.8 Å². The molecular weight excluding hydrogens is 498 g/mol. The van der Waals surface area contributed by atoms with E-state index >= 15 is 0 Å². The Hall–Kier alpha value is -2.97. The van der Waals surface area contributed by atoms with Crippen molar-refractivity contribution in [2.45, 2.75) is 75.6 Å². The van der Waals surface area contributed by atoms with Gasteiger partial charge in [-0.15, -0.1) is 0 Å². The smallest absolute Gasteiger partial charge is 0.228 e. The number of benzene rings is 2. The average molecular weight is 536 g/mol. The van der Waals surface area contributed by atoms with Crippen LogP contribution in [0.15, 0.2) is 66.0 Å². The molecule has 5 rings (SSSR count). The van der Waals surface area contributed by atoms with Gasteiger partial charge in [-0.25, -0.2) is 13.4 Å². The number of ether oxygens (including phenoxy) is 1. The van der Waals surface area contributed by atoms with Crippen LogP contribution in [0.3, 0.4) is 0 Å². The van der Waals surface area contributed by atoms with E-state index in [-0.39, 0.29) is 28.8 Å². The molecule has 2 aromatic carbocycles. The molecule has 1 aliphatic carbocycles. The molecule has 1 aliphatic heterocycles. The number of carbonyl (C=O) groups excluding carboxylic acids is 1. The fraction of sp³-hybridized carbons (Fsp3) is 0.467. The fourth-order valence-electron chi connectivity index (χ4n) is 5.64. The van der Waals surface area contributed by atoms with Crippen LogP contribution in [0.2, 0.25) is 0 Å². The molecule has 0 spiro atoms. The Morgan fingerprint density at radius 3 is 2.47 bits per heavy atom. The molecule has 0 radical (unpaired) electrons. The standard InChI is InChI=1S/C30H37N3O4S/c1-23-10-5-6-15-26(23)22-38(35,36)30-31-18-27(33(30)19-24-11-3-2-4-12-24)20-32(21-28-16-9-17-37-28)29(34)25-13-7-8-14-25/h2-6,10-12,15,18,25,28H,7-9,13-14,16-17,19-22H2,1H3. The minimum absolute atomic E-state index is 0.0232. The summed E-state index contributed by atoms with van der Waals surface area (Å²) in [6.07, 6.45) is 7.60. The molecule has 1 aromatic heterocycles. The van der Waals surface area contributed by atoms with Crippen molar-refractivity contribution in [1.29, 1.82) is 0 Å². The van der Waals surface area contributed by atoms with Crippen molar-refractivity contribution < 1.29 is 17.9 Å². The van der Waals surface area contributed by atoms with E-state index in [4.69, 9.17) is 4.74 Å². The Kier molecular flexibility index (Phi) is 8.29. The number of hydrogen-bond donors (Lipinski definition) is 0. The summed E-state index contributed by atoms with van der Waals surface area (Å²) in [6, 6.07) is 17.3. The monoisotopic (exact) mass is 535 g/mol. The Morgan fingerprint density at radius 2 is 1.76 bits per heavy atom. The van der Waals surface area contributed by atoms with E-state index < -0.39 is 9.84 Å². The van der Waals surface area contributed by atoms with Gasteiger partial charge in [0.2, 0.25) is 20.9 Å². The molecule has 1 amide bonds. The Balaban J connectivity index is 1.48. The number of hydrogen-bond acceptors (Lipinski definition) is 5. The SMILES string of the molecule is Cc1ccccc1CS(=O)(=O)c1ncc(CN(CC2CCCO2)C(=O)C2CCCC2)n1Cc1ccccc1. The Bertz CT molecular complexity index is 1340. The lowest BCUT2D eigenvalue weighted by Gasteiger charge is -2.28. The normalized spacial score (nSPS) is 18.2. The topological polar surface area (TPSA) is 81.5 Å². The summed E-state index contributed by atoms with van der Waals surface area (Å²) in [7, 11) is -3.74. The zero-order valence-corrected chi connectivity index (χ0v) is 22.9. The van der Waals surface area contributed by atoms with Gasteiger partial charge in [-0.05, 0) is 49.3 Å². The first kappa shape index (κ1) is 26.6. The maximum absolute atomic E-state index is 13.7. The highest BCUT2D eigenvalue weighted by atomic mass is 32.2. The summed E-state index contributed by atoms with van der Waals surface area (Å²) in [5.41, 5.74) is 3.40.